The molecule has 7 heteroatoms. The summed E-state index contributed by atoms with van der Waals surface area (Å²) in [7, 11) is 0. The monoisotopic (exact) mass is 330 g/mol. The van der Waals surface area contributed by atoms with Crippen LogP contribution in [0.15, 0.2) is 27.4 Å². The van der Waals surface area contributed by atoms with Crippen molar-refractivity contribution in [2.45, 2.75) is 33.2 Å². The lowest BCUT2D eigenvalue weighted by atomic mass is 10.0. The van der Waals surface area contributed by atoms with E-state index in [0.29, 0.717) is 17.4 Å². The molecule has 0 bridgehead atoms. The van der Waals surface area contributed by atoms with Crippen LogP contribution in [0.2, 0.25) is 0 Å². The smallest absolute Gasteiger partial charge is 0.290 e. The number of amides is 1. The van der Waals surface area contributed by atoms with Crippen LogP contribution in [-0.4, -0.2) is 33.7 Å². The molecule has 0 spiro atoms. The Labute approximate surface area is 140 Å². The molecular formula is C17H22N4O3. The summed E-state index contributed by atoms with van der Waals surface area (Å²) in [5, 5.41) is 4.25. The zero-order valence-corrected chi connectivity index (χ0v) is 14.0. The number of carbonyl (C=O) groups excluding carboxylic acids is 1. The summed E-state index contributed by atoms with van der Waals surface area (Å²) in [5.74, 6) is 1.63. The zero-order chi connectivity index (χ0) is 17.3. The van der Waals surface area contributed by atoms with Crippen LogP contribution in [0.1, 0.15) is 25.5 Å². The lowest BCUT2D eigenvalue weighted by molar-refractivity contribution is -0.133. The minimum atomic E-state index is -0.458. The highest BCUT2D eigenvalue weighted by Gasteiger charge is 2.22. The topological polar surface area (TPSA) is 94.4 Å². The number of nitrogen functional groups attached to an aromatic ring is 1. The van der Waals surface area contributed by atoms with Gasteiger partial charge in [0, 0.05) is 13.1 Å². The Morgan fingerprint density at radius 2 is 2.25 bits per heavy atom. The molecule has 1 aliphatic rings. The summed E-state index contributed by atoms with van der Waals surface area (Å²) in [4.78, 5) is 26.5. The van der Waals surface area contributed by atoms with E-state index in [4.69, 9.17) is 10.2 Å². The first-order chi connectivity index (χ1) is 11.4. The lowest BCUT2D eigenvalue weighted by Gasteiger charge is -2.31. The molecule has 3 rings (SSSR count). The number of furan rings is 1. The van der Waals surface area contributed by atoms with Crippen molar-refractivity contribution < 1.29 is 9.21 Å². The molecule has 1 saturated heterocycles. The van der Waals surface area contributed by atoms with E-state index in [2.05, 4.69) is 12.0 Å². The first-order valence-corrected chi connectivity index (χ1v) is 8.16. The van der Waals surface area contributed by atoms with Gasteiger partial charge in [0.05, 0.1) is 0 Å². The van der Waals surface area contributed by atoms with Crippen LogP contribution < -0.4 is 11.3 Å². The Bertz CT molecular complexity index is 808. The Kier molecular flexibility index (Phi) is 4.42. The summed E-state index contributed by atoms with van der Waals surface area (Å²) in [6.07, 6.45) is 2.12. The van der Waals surface area contributed by atoms with E-state index in [1.807, 2.05) is 13.0 Å². The van der Waals surface area contributed by atoms with Crippen molar-refractivity contribution in [3.05, 3.63) is 34.3 Å². The average Bonchev–Trinajstić information content (AvgIpc) is 2.98. The van der Waals surface area contributed by atoms with Crippen LogP contribution in [-0.2, 0) is 11.3 Å². The fourth-order valence-corrected chi connectivity index (χ4v) is 3.01. The highest BCUT2D eigenvalue weighted by Crippen LogP contribution is 2.20. The van der Waals surface area contributed by atoms with Gasteiger partial charge in [0.1, 0.15) is 23.7 Å². The Balaban J connectivity index is 1.86. The predicted octanol–water partition coefficient (Wildman–Crippen LogP) is 1.65. The molecule has 1 atom stereocenters. The van der Waals surface area contributed by atoms with Gasteiger partial charge >= 0.3 is 0 Å². The van der Waals surface area contributed by atoms with Gasteiger partial charge in [0.15, 0.2) is 5.76 Å². The molecule has 0 radical (unpaired) electrons. The number of rotatable bonds is 3. The summed E-state index contributed by atoms with van der Waals surface area (Å²) in [6, 6.07) is 5.05. The third-order valence-corrected chi connectivity index (χ3v) is 4.29. The highest BCUT2D eigenvalue weighted by molar-refractivity contribution is 5.76. The minimum absolute atomic E-state index is 0.0499. The fraction of sp³-hybridized carbons (Fsp3) is 0.471. The molecule has 24 heavy (non-hydrogen) atoms. The first-order valence-electron chi connectivity index (χ1n) is 8.16. The number of hydrogen-bond donors (Lipinski definition) is 1. The predicted molar refractivity (Wildman–Crippen MR) is 90.3 cm³/mol. The van der Waals surface area contributed by atoms with Crippen LogP contribution in [0.5, 0.6) is 0 Å². The van der Waals surface area contributed by atoms with Crippen molar-refractivity contribution in [3.63, 3.8) is 0 Å². The van der Waals surface area contributed by atoms with E-state index < -0.39 is 5.56 Å². The quantitative estimate of drug-likeness (QED) is 0.923. The number of anilines is 1. The number of carbonyl (C=O) groups is 1. The van der Waals surface area contributed by atoms with Gasteiger partial charge in [-0.15, -0.1) is 0 Å². The van der Waals surface area contributed by atoms with Gasteiger partial charge in [-0.3, -0.25) is 9.59 Å². The first kappa shape index (κ1) is 16.3. The van der Waals surface area contributed by atoms with E-state index in [1.54, 1.807) is 11.0 Å². The van der Waals surface area contributed by atoms with Crippen LogP contribution in [0.25, 0.3) is 11.5 Å². The van der Waals surface area contributed by atoms with Crippen molar-refractivity contribution in [1.82, 2.24) is 14.7 Å². The van der Waals surface area contributed by atoms with E-state index in [-0.39, 0.29) is 18.1 Å². The Morgan fingerprint density at radius 3 is 2.92 bits per heavy atom. The highest BCUT2D eigenvalue weighted by atomic mass is 16.3. The third kappa shape index (κ3) is 3.34. The fourth-order valence-electron chi connectivity index (χ4n) is 3.01. The number of aryl methyl sites for hydroxylation is 1. The molecule has 3 heterocycles. The number of piperidine rings is 1. The maximum Gasteiger partial charge on any atom is 0.290 e. The van der Waals surface area contributed by atoms with Crippen molar-refractivity contribution in [2.75, 3.05) is 18.8 Å². The van der Waals surface area contributed by atoms with Gasteiger partial charge in [-0.1, -0.05) is 6.92 Å². The van der Waals surface area contributed by atoms with Gasteiger partial charge in [0.2, 0.25) is 5.91 Å². The molecule has 7 nitrogen and oxygen atoms in total. The van der Waals surface area contributed by atoms with E-state index >= 15 is 0 Å². The summed E-state index contributed by atoms with van der Waals surface area (Å²) < 4.78 is 6.66. The summed E-state index contributed by atoms with van der Waals surface area (Å²) >= 11 is 0. The van der Waals surface area contributed by atoms with Crippen molar-refractivity contribution >= 4 is 11.6 Å². The lowest BCUT2D eigenvalue weighted by Crippen LogP contribution is -2.42. The summed E-state index contributed by atoms with van der Waals surface area (Å²) in [5.41, 5.74) is 5.84. The van der Waals surface area contributed by atoms with Crippen LogP contribution >= 0.6 is 0 Å². The van der Waals surface area contributed by atoms with Crippen molar-refractivity contribution in [2.24, 2.45) is 5.92 Å². The minimum Gasteiger partial charge on any atom is -0.460 e. The normalized spacial score (nSPS) is 17.9. The molecule has 1 fully saturated rings. The van der Waals surface area contributed by atoms with Crippen LogP contribution in [0.4, 0.5) is 5.69 Å². The second kappa shape index (κ2) is 6.51. The summed E-state index contributed by atoms with van der Waals surface area (Å²) in [6.45, 7) is 5.29. The SMILES string of the molecule is Cc1ccc(-c2cc(N)c(=O)n(CC(=O)N3CCC[C@@H](C)C3)n2)o1. The molecule has 0 saturated carbocycles. The second-order valence-corrected chi connectivity index (χ2v) is 6.45. The molecule has 0 unspecified atom stereocenters. The maximum absolute atomic E-state index is 12.5. The van der Waals surface area contributed by atoms with E-state index in [1.165, 1.54) is 6.07 Å². The molecule has 2 aromatic rings. The molecule has 2 aromatic heterocycles. The van der Waals surface area contributed by atoms with E-state index in [0.717, 1.165) is 36.4 Å². The van der Waals surface area contributed by atoms with Gasteiger partial charge in [-0.05, 0) is 43.9 Å². The molecule has 0 aliphatic carbocycles. The average molecular weight is 330 g/mol. The molecular weight excluding hydrogens is 308 g/mol. The maximum atomic E-state index is 12.5. The molecule has 128 valence electrons. The van der Waals surface area contributed by atoms with Gasteiger partial charge in [-0.2, -0.15) is 5.10 Å². The number of aromatic nitrogens is 2. The number of hydrogen-bond acceptors (Lipinski definition) is 5. The number of nitrogens with zero attached hydrogens (tertiary/aromatic N) is 3. The number of likely N-dealkylation sites (tertiary alicyclic amines) is 1. The van der Waals surface area contributed by atoms with E-state index in [9.17, 15) is 9.59 Å². The van der Waals surface area contributed by atoms with Gasteiger partial charge in [0.25, 0.3) is 5.56 Å². The molecule has 0 aromatic carbocycles. The molecule has 1 aliphatic heterocycles. The molecule has 1 amide bonds. The zero-order valence-electron chi connectivity index (χ0n) is 14.0. The van der Waals surface area contributed by atoms with Gasteiger partial charge in [-0.25, -0.2) is 4.68 Å². The van der Waals surface area contributed by atoms with Crippen LogP contribution in [0, 0.1) is 12.8 Å². The Hall–Kier alpha value is -2.57. The van der Waals surface area contributed by atoms with Crippen molar-refractivity contribution in [1.29, 1.82) is 0 Å². The second-order valence-electron chi connectivity index (χ2n) is 6.45. The Morgan fingerprint density at radius 1 is 1.46 bits per heavy atom. The standard InChI is InChI=1S/C17H22N4O3/c1-11-4-3-7-20(9-11)16(22)10-21-17(23)13(18)8-14(19-21)15-6-5-12(2)24-15/h5-6,8,11H,3-4,7,9-10,18H2,1-2H3/t11-/m1/s1. The van der Waals surface area contributed by atoms with Gasteiger partial charge < -0.3 is 15.1 Å². The van der Waals surface area contributed by atoms with Crippen molar-refractivity contribution in [3.8, 4) is 11.5 Å². The van der Waals surface area contributed by atoms with Crippen LogP contribution in [0.3, 0.4) is 0 Å². The third-order valence-electron chi connectivity index (χ3n) is 4.29. The molecule has 2 N–H and O–H groups in total. The largest absolute Gasteiger partial charge is 0.460 e. The number of nitrogens with two attached hydrogens (primary N) is 1.